The second-order valence-corrected chi connectivity index (χ2v) is 2.93. The van der Waals surface area contributed by atoms with Crippen molar-refractivity contribution in [3.63, 3.8) is 0 Å². The number of phenolic OH excluding ortho intramolecular Hbond substituents is 1. The third-order valence-electron chi connectivity index (χ3n) is 1.93. The topological polar surface area (TPSA) is 50.4 Å². The van der Waals surface area contributed by atoms with Gasteiger partial charge in [-0.1, -0.05) is 0 Å². The molecule has 3 nitrogen and oxygen atoms in total. The normalized spacial score (nSPS) is 10.5. The number of phenols is 1. The summed E-state index contributed by atoms with van der Waals surface area (Å²) in [5.74, 6) is 0.0984. The fourth-order valence-electron chi connectivity index (χ4n) is 1.31. The van der Waals surface area contributed by atoms with Gasteiger partial charge in [-0.05, 0) is 24.6 Å². The first-order valence-corrected chi connectivity index (χ1v) is 3.90. The number of aromatic hydroxyl groups is 1. The molecule has 0 saturated heterocycles. The third-order valence-corrected chi connectivity index (χ3v) is 1.93. The number of fused-ring (bicyclic) bond motifs is 1. The largest absolute Gasteiger partial charge is 0.508 e. The van der Waals surface area contributed by atoms with Crippen molar-refractivity contribution in [1.29, 1.82) is 0 Å². The predicted molar refractivity (Wildman–Crippen MR) is 48.9 cm³/mol. The molecule has 0 amide bonds. The van der Waals surface area contributed by atoms with Crippen molar-refractivity contribution in [2.24, 2.45) is 0 Å². The molecule has 0 unspecified atom stereocenters. The lowest BCUT2D eigenvalue weighted by atomic mass is 10.2. The Labute approximate surface area is 74.2 Å². The van der Waals surface area contributed by atoms with Crippen LogP contribution in [0.5, 0.6) is 5.75 Å². The van der Waals surface area contributed by atoms with E-state index in [1.807, 2.05) is 6.92 Å². The van der Waals surface area contributed by atoms with Crippen LogP contribution in [0, 0.1) is 6.92 Å². The van der Waals surface area contributed by atoms with Crippen LogP contribution in [-0.4, -0.2) is 5.11 Å². The molecule has 13 heavy (non-hydrogen) atoms. The molecule has 2 rings (SSSR count). The molecule has 2 aromatic rings. The lowest BCUT2D eigenvalue weighted by molar-refractivity contribution is 0.473. The molecule has 0 bridgehead atoms. The van der Waals surface area contributed by atoms with E-state index >= 15 is 0 Å². The van der Waals surface area contributed by atoms with Crippen molar-refractivity contribution in [3.05, 3.63) is 40.2 Å². The Kier molecular flexibility index (Phi) is 1.59. The van der Waals surface area contributed by atoms with E-state index in [1.54, 1.807) is 12.1 Å². The van der Waals surface area contributed by atoms with Gasteiger partial charge < -0.3 is 9.52 Å². The van der Waals surface area contributed by atoms with E-state index < -0.39 is 5.63 Å². The Morgan fingerprint density at radius 2 is 2.08 bits per heavy atom. The molecule has 0 aliphatic rings. The Hall–Kier alpha value is -1.77. The number of benzene rings is 1. The van der Waals surface area contributed by atoms with Crippen molar-refractivity contribution in [2.75, 3.05) is 0 Å². The Morgan fingerprint density at radius 3 is 2.85 bits per heavy atom. The van der Waals surface area contributed by atoms with Gasteiger partial charge in [-0.3, -0.25) is 0 Å². The van der Waals surface area contributed by atoms with Gasteiger partial charge in [0.15, 0.2) is 0 Å². The molecule has 3 heteroatoms. The van der Waals surface area contributed by atoms with E-state index in [0.717, 1.165) is 10.9 Å². The van der Waals surface area contributed by atoms with E-state index in [2.05, 4.69) is 0 Å². The fourth-order valence-corrected chi connectivity index (χ4v) is 1.31. The molecule has 66 valence electrons. The highest BCUT2D eigenvalue weighted by atomic mass is 16.4. The van der Waals surface area contributed by atoms with Crippen LogP contribution in [0.25, 0.3) is 11.0 Å². The zero-order chi connectivity index (χ0) is 9.42. The standard InChI is InChI=1S/C10H8O3/c1-6-4-10(12)13-9-5-7(11)2-3-8(6)9/h2-5,11H,1H3/i1+1. The average molecular weight is 177 g/mol. The second-order valence-electron chi connectivity index (χ2n) is 2.93. The summed E-state index contributed by atoms with van der Waals surface area (Å²) in [6.07, 6.45) is 0. The molecular weight excluding hydrogens is 169 g/mol. The number of aryl methyl sites for hydroxylation is 1. The summed E-state index contributed by atoms with van der Waals surface area (Å²) in [6, 6.07) is 6.15. The van der Waals surface area contributed by atoms with Gasteiger partial charge in [-0.15, -0.1) is 0 Å². The minimum Gasteiger partial charge on any atom is -0.508 e. The van der Waals surface area contributed by atoms with Gasteiger partial charge in [-0.25, -0.2) is 4.79 Å². The van der Waals surface area contributed by atoms with Crippen LogP contribution in [0.3, 0.4) is 0 Å². The lowest BCUT2D eigenvalue weighted by Crippen LogP contribution is -1.97. The summed E-state index contributed by atoms with van der Waals surface area (Å²) >= 11 is 0. The minimum absolute atomic E-state index is 0.0984. The van der Waals surface area contributed by atoms with Crippen LogP contribution in [0.1, 0.15) is 5.56 Å². The maximum absolute atomic E-state index is 11.0. The zero-order valence-corrected chi connectivity index (χ0v) is 7.07. The van der Waals surface area contributed by atoms with E-state index in [-0.39, 0.29) is 5.75 Å². The maximum atomic E-state index is 11.0. The third kappa shape index (κ3) is 1.28. The van der Waals surface area contributed by atoms with E-state index in [0.29, 0.717) is 5.58 Å². The van der Waals surface area contributed by atoms with Gasteiger partial charge in [0.05, 0.1) is 0 Å². The number of rotatable bonds is 0. The van der Waals surface area contributed by atoms with Gasteiger partial charge in [0.25, 0.3) is 0 Å². The fraction of sp³-hybridized carbons (Fsp3) is 0.100. The molecule has 0 spiro atoms. The number of hydrogen-bond donors (Lipinski definition) is 1. The van der Waals surface area contributed by atoms with Crippen LogP contribution in [-0.2, 0) is 0 Å². The second kappa shape index (κ2) is 2.62. The molecule has 0 aliphatic heterocycles. The van der Waals surface area contributed by atoms with Gasteiger partial charge in [0.2, 0.25) is 0 Å². The highest BCUT2D eigenvalue weighted by Gasteiger charge is 2.01. The molecular formula is C10H8O3. The van der Waals surface area contributed by atoms with E-state index in [9.17, 15) is 4.79 Å². The molecule has 1 aromatic carbocycles. The van der Waals surface area contributed by atoms with Gasteiger partial charge in [0, 0.05) is 17.5 Å². The van der Waals surface area contributed by atoms with Gasteiger partial charge in [0.1, 0.15) is 11.3 Å². The summed E-state index contributed by atoms with van der Waals surface area (Å²) in [6.45, 7) is 1.83. The quantitative estimate of drug-likeness (QED) is 0.493. The highest BCUT2D eigenvalue weighted by molar-refractivity contribution is 5.81. The van der Waals surface area contributed by atoms with Crippen LogP contribution in [0.4, 0.5) is 0 Å². The summed E-state index contributed by atoms with van der Waals surface area (Å²) in [5, 5.41) is 9.99. The first-order chi connectivity index (χ1) is 6.16. The highest BCUT2D eigenvalue weighted by Crippen LogP contribution is 2.20. The first-order valence-electron chi connectivity index (χ1n) is 3.90. The molecule has 0 saturated carbocycles. The maximum Gasteiger partial charge on any atom is 0.336 e. The van der Waals surface area contributed by atoms with Crippen molar-refractivity contribution in [2.45, 2.75) is 6.92 Å². The Bertz CT molecular complexity index is 511. The van der Waals surface area contributed by atoms with Crippen molar-refractivity contribution in [3.8, 4) is 5.75 Å². The van der Waals surface area contributed by atoms with Crippen LogP contribution in [0.2, 0.25) is 0 Å². The summed E-state index contributed by atoms with van der Waals surface area (Å²) in [4.78, 5) is 11.0. The minimum atomic E-state index is -0.393. The molecule has 0 aliphatic carbocycles. The predicted octanol–water partition coefficient (Wildman–Crippen LogP) is 1.81. The Balaban J connectivity index is 2.94. The molecule has 0 radical (unpaired) electrons. The first kappa shape index (κ1) is 7.86. The lowest BCUT2D eigenvalue weighted by Gasteiger charge is -1.99. The molecule has 1 aromatic heterocycles. The molecule has 1 N–H and O–H groups in total. The van der Waals surface area contributed by atoms with Crippen LogP contribution >= 0.6 is 0 Å². The monoisotopic (exact) mass is 177 g/mol. The molecule has 0 atom stereocenters. The zero-order valence-electron chi connectivity index (χ0n) is 7.07. The van der Waals surface area contributed by atoms with E-state index in [1.165, 1.54) is 12.1 Å². The summed E-state index contributed by atoms with van der Waals surface area (Å²) in [5.41, 5.74) is 0.881. The SMILES string of the molecule is [13CH3]c1cc(=O)oc2cc(O)ccc12. The van der Waals surface area contributed by atoms with Crippen molar-refractivity contribution in [1.82, 2.24) is 0 Å². The smallest absolute Gasteiger partial charge is 0.336 e. The summed E-state index contributed by atoms with van der Waals surface area (Å²) < 4.78 is 4.91. The molecule has 1 heterocycles. The average Bonchev–Trinajstić information content (AvgIpc) is 2.02. The van der Waals surface area contributed by atoms with Crippen LogP contribution in [0.15, 0.2) is 33.5 Å². The van der Waals surface area contributed by atoms with Gasteiger partial charge >= 0.3 is 5.63 Å². The van der Waals surface area contributed by atoms with Crippen LogP contribution < -0.4 is 5.63 Å². The summed E-state index contributed by atoms with van der Waals surface area (Å²) in [7, 11) is 0. The number of hydrogen-bond acceptors (Lipinski definition) is 3. The molecule has 0 fully saturated rings. The van der Waals surface area contributed by atoms with E-state index in [4.69, 9.17) is 9.52 Å². The Morgan fingerprint density at radius 1 is 1.31 bits per heavy atom. The van der Waals surface area contributed by atoms with Gasteiger partial charge in [-0.2, -0.15) is 0 Å². The van der Waals surface area contributed by atoms with Crippen molar-refractivity contribution < 1.29 is 9.52 Å². The van der Waals surface area contributed by atoms with Crippen molar-refractivity contribution >= 4 is 11.0 Å².